The van der Waals surface area contributed by atoms with Crippen LogP contribution >= 0.6 is 27.7 Å². The zero-order valence-electron chi connectivity index (χ0n) is 7.68. The third kappa shape index (κ3) is 4.14. The minimum Gasteiger partial charge on any atom is -0.244 e. The van der Waals surface area contributed by atoms with Crippen LogP contribution in [0.15, 0.2) is 33.6 Å². The summed E-state index contributed by atoms with van der Waals surface area (Å²) in [5.74, 6) is 0.482. The minimum absolute atomic E-state index is 0.482. The van der Waals surface area contributed by atoms with Gasteiger partial charge in [-0.2, -0.15) is 0 Å². The van der Waals surface area contributed by atoms with Gasteiger partial charge in [0.1, 0.15) is 5.67 Å². The van der Waals surface area contributed by atoms with E-state index in [1.54, 1.807) is 13.8 Å². The predicted molar refractivity (Wildman–Crippen MR) is 60.1 cm³/mol. The van der Waals surface area contributed by atoms with Crippen molar-refractivity contribution in [3.05, 3.63) is 28.7 Å². The summed E-state index contributed by atoms with van der Waals surface area (Å²) in [5, 5.41) is 0. The van der Waals surface area contributed by atoms with Crippen LogP contribution in [0.25, 0.3) is 0 Å². The quantitative estimate of drug-likeness (QED) is 0.733. The summed E-state index contributed by atoms with van der Waals surface area (Å²) in [7, 11) is 0. The van der Waals surface area contributed by atoms with Crippen LogP contribution in [0.2, 0.25) is 0 Å². The van der Waals surface area contributed by atoms with Gasteiger partial charge in [-0.25, -0.2) is 4.39 Å². The van der Waals surface area contributed by atoms with Crippen LogP contribution in [0.4, 0.5) is 4.39 Å². The van der Waals surface area contributed by atoms with Crippen molar-refractivity contribution in [3.8, 4) is 0 Å². The van der Waals surface area contributed by atoms with Gasteiger partial charge in [-0.3, -0.25) is 0 Å². The Morgan fingerprint density at radius 3 is 2.54 bits per heavy atom. The van der Waals surface area contributed by atoms with Crippen LogP contribution in [0.1, 0.15) is 13.8 Å². The summed E-state index contributed by atoms with van der Waals surface area (Å²) in [4.78, 5) is 1.09. The molecule has 72 valence electrons. The second-order valence-corrected chi connectivity index (χ2v) is 5.31. The highest BCUT2D eigenvalue weighted by atomic mass is 79.9. The second-order valence-electron chi connectivity index (χ2n) is 3.44. The Labute approximate surface area is 91.0 Å². The molecule has 13 heavy (non-hydrogen) atoms. The molecular formula is C10H12BrFS. The van der Waals surface area contributed by atoms with Gasteiger partial charge in [-0.1, -0.05) is 12.1 Å². The molecule has 0 atom stereocenters. The average Bonchev–Trinajstić information content (AvgIpc) is 2.01. The van der Waals surface area contributed by atoms with Crippen LogP contribution in [0.5, 0.6) is 0 Å². The van der Waals surface area contributed by atoms with E-state index in [1.165, 1.54) is 11.8 Å². The summed E-state index contributed by atoms with van der Waals surface area (Å²) in [6.07, 6.45) is 0. The van der Waals surface area contributed by atoms with Gasteiger partial charge in [-0.15, -0.1) is 11.8 Å². The number of thioether (sulfide) groups is 1. The fraction of sp³-hybridized carbons (Fsp3) is 0.400. The number of hydrogen-bond acceptors (Lipinski definition) is 1. The fourth-order valence-electron chi connectivity index (χ4n) is 0.811. The highest BCUT2D eigenvalue weighted by Crippen LogP contribution is 2.30. The Morgan fingerprint density at radius 1 is 1.38 bits per heavy atom. The van der Waals surface area contributed by atoms with E-state index < -0.39 is 5.67 Å². The van der Waals surface area contributed by atoms with Crippen molar-refractivity contribution in [2.24, 2.45) is 0 Å². The van der Waals surface area contributed by atoms with E-state index in [-0.39, 0.29) is 0 Å². The Kier molecular flexibility index (Phi) is 3.80. The molecule has 0 unspecified atom stereocenters. The molecule has 0 fully saturated rings. The highest BCUT2D eigenvalue weighted by Gasteiger charge is 2.16. The number of benzene rings is 1. The maximum Gasteiger partial charge on any atom is 0.114 e. The first-order chi connectivity index (χ1) is 5.99. The summed E-state index contributed by atoms with van der Waals surface area (Å²) < 4.78 is 14.2. The Bertz CT molecular complexity index is 280. The fourth-order valence-corrected chi connectivity index (χ4v) is 2.32. The molecule has 1 aromatic carbocycles. The standard InChI is InChI=1S/C10H12BrFS/c1-10(2,12)7-13-9-6-4-3-5-8(9)11/h3-6H,7H2,1-2H3. The maximum absolute atomic E-state index is 13.2. The Morgan fingerprint density at radius 2 is 2.00 bits per heavy atom. The summed E-state index contributed by atoms with van der Waals surface area (Å²) in [5.41, 5.74) is -1.11. The van der Waals surface area contributed by atoms with Gasteiger partial charge >= 0.3 is 0 Å². The third-order valence-electron chi connectivity index (χ3n) is 1.41. The van der Waals surface area contributed by atoms with Crippen molar-refractivity contribution in [2.75, 3.05) is 5.75 Å². The molecule has 0 aliphatic carbocycles. The zero-order chi connectivity index (χ0) is 9.90. The SMILES string of the molecule is CC(C)(F)CSc1ccccc1Br. The minimum atomic E-state index is -1.11. The van der Waals surface area contributed by atoms with E-state index >= 15 is 0 Å². The lowest BCUT2D eigenvalue weighted by molar-refractivity contribution is 0.253. The molecule has 0 aliphatic heterocycles. The average molecular weight is 263 g/mol. The molecule has 1 rings (SSSR count). The van der Waals surface area contributed by atoms with Crippen molar-refractivity contribution >= 4 is 27.7 Å². The van der Waals surface area contributed by atoms with Crippen molar-refractivity contribution < 1.29 is 4.39 Å². The molecule has 0 saturated heterocycles. The van der Waals surface area contributed by atoms with Gasteiger partial charge < -0.3 is 0 Å². The van der Waals surface area contributed by atoms with Gasteiger partial charge in [0.2, 0.25) is 0 Å². The monoisotopic (exact) mass is 262 g/mol. The maximum atomic E-state index is 13.2. The van der Waals surface area contributed by atoms with E-state index in [4.69, 9.17) is 0 Å². The third-order valence-corrected chi connectivity index (χ3v) is 3.86. The molecular weight excluding hydrogens is 251 g/mol. The molecule has 0 spiro atoms. The van der Waals surface area contributed by atoms with Crippen molar-refractivity contribution in [3.63, 3.8) is 0 Å². The zero-order valence-corrected chi connectivity index (χ0v) is 10.1. The smallest absolute Gasteiger partial charge is 0.114 e. The summed E-state index contributed by atoms with van der Waals surface area (Å²) in [6.45, 7) is 3.19. The number of rotatable bonds is 3. The van der Waals surface area contributed by atoms with Crippen molar-refractivity contribution in [2.45, 2.75) is 24.4 Å². The number of halogens is 2. The molecule has 0 aromatic heterocycles. The first-order valence-electron chi connectivity index (χ1n) is 4.05. The Balaban J connectivity index is 2.60. The van der Waals surface area contributed by atoms with Gasteiger partial charge in [0.25, 0.3) is 0 Å². The summed E-state index contributed by atoms with van der Waals surface area (Å²) in [6, 6.07) is 7.86. The van der Waals surface area contributed by atoms with Crippen LogP contribution < -0.4 is 0 Å². The second kappa shape index (κ2) is 4.47. The first-order valence-corrected chi connectivity index (χ1v) is 5.83. The number of alkyl halides is 1. The van der Waals surface area contributed by atoms with Gasteiger partial charge in [0, 0.05) is 15.1 Å². The topological polar surface area (TPSA) is 0 Å². The molecule has 0 amide bonds. The van der Waals surface area contributed by atoms with Gasteiger partial charge in [0.05, 0.1) is 0 Å². The van der Waals surface area contributed by atoms with E-state index in [9.17, 15) is 4.39 Å². The first kappa shape index (κ1) is 11.1. The van der Waals surface area contributed by atoms with E-state index in [2.05, 4.69) is 15.9 Å². The molecule has 1 aromatic rings. The summed E-state index contributed by atoms with van der Waals surface area (Å²) >= 11 is 4.95. The highest BCUT2D eigenvalue weighted by molar-refractivity contribution is 9.10. The van der Waals surface area contributed by atoms with Crippen LogP contribution in [-0.2, 0) is 0 Å². The molecule has 0 saturated carbocycles. The molecule has 0 heterocycles. The van der Waals surface area contributed by atoms with Crippen LogP contribution in [-0.4, -0.2) is 11.4 Å². The molecule has 0 aliphatic rings. The molecule has 0 bridgehead atoms. The normalized spacial score (nSPS) is 11.7. The lowest BCUT2D eigenvalue weighted by atomic mass is 10.2. The molecule has 0 nitrogen and oxygen atoms in total. The van der Waals surface area contributed by atoms with Crippen molar-refractivity contribution in [1.29, 1.82) is 0 Å². The molecule has 3 heteroatoms. The largest absolute Gasteiger partial charge is 0.244 e. The van der Waals surface area contributed by atoms with Crippen molar-refractivity contribution in [1.82, 2.24) is 0 Å². The van der Waals surface area contributed by atoms with E-state index in [0.717, 1.165) is 9.37 Å². The Hall–Kier alpha value is -0.0200. The predicted octanol–water partition coefficient (Wildman–Crippen LogP) is 4.29. The molecule has 0 N–H and O–H groups in total. The van der Waals surface area contributed by atoms with Crippen LogP contribution in [0, 0.1) is 0 Å². The molecule has 0 radical (unpaired) electrons. The van der Waals surface area contributed by atoms with Crippen LogP contribution in [0.3, 0.4) is 0 Å². The van der Waals surface area contributed by atoms with Gasteiger partial charge in [-0.05, 0) is 41.9 Å². The number of hydrogen-bond donors (Lipinski definition) is 0. The van der Waals surface area contributed by atoms with Gasteiger partial charge in [0.15, 0.2) is 0 Å². The van der Waals surface area contributed by atoms with E-state index in [0.29, 0.717) is 5.75 Å². The lowest BCUT2D eigenvalue weighted by Crippen LogP contribution is -2.14. The lowest BCUT2D eigenvalue weighted by Gasteiger charge is -2.13. The van der Waals surface area contributed by atoms with E-state index in [1.807, 2.05) is 24.3 Å².